The summed E-state index contributed by atoms with van der Waals surface area (Å²) in [4.78, 5) is 23.7. The van der Waals surface area contributed by atoms with E-state index in [-0.39, 0.29) is 11.3 Å². The lowest BCUT2D eigenvalue weighted by atomic mass is 10.1. The Balaban J connectivity index is 3.25. The number of halogens is 3. The molecule has 0 aliphatic heterocycles. The lowest BCUT2D eigenvalue weighted by Gasteiger charge is -2.13. The predicted octanol–water partition coefficient (Wildman–Crippen LogP) is 1.21. The first kappa shape index (κ1) is 13.1. The van der Waals surface area contributed by atoms with Crippen molar-refractivity contribution in [3.63, 3.8) is 0 Å². The third-order valence-electron chi connectivity index (χ3n) is 1.88. The summed E-state index contributed by atoms with van der Waals surface area (Å²) in [6, 6.07) is 0.568. The monoisotopic (exact) mass is 251 g/mol. The number of carbonyl (C=O) groups is 1. The molecule has 94 valence electrons. The number of hydrogen-bond acceptors (Lipinski definition) is 3. The number of aliphatic carboxylic acids is 1. The van der Waals surface area contributed by atoms with Gasteiger partial charge in [-0.25, -0.2) is 0 Å². The van der Waals surface area contributed by atoms with E-state index >= 15 is 0 Å². The standard InChI is InChI=1S/C9H8F3NO4/c1-4-5(2-8(15)16)6(3-7(14)13-4)17-9(10,11)12/h3H,2H2,1H3,(H,13,14)(H,15,16). The van der Waals surface area contributed by atoms with E-state index in [2.05, 4.69) is 9.72 Å². The Hall–Kier alpha value is -1.99. The van der Waals surface area contributed by atoms with Crippen LogP contribution in [0.3, 0.4) is 0 Å². The van der Waals surface area contributed by atoms with Crippen LogP contribution < -0.4 is 10.3 Å². The van der Waals surface area contributed by atoms with Crippen molar-refractivity contribution < 1.29 is 27.8 Å². The van der Waals surface area contributed by atoms with Crippen molar-refractivity contribution in [3.8, 4) is 5.75 Å². The Bertz CT molecular complexity index is 492. The fourth-order valence-electron chi connectivity index (χ4n) is 1.27. The van der Waals surface area contributed by atoms with Gasteiger partial charge in [-0.15, -0.1) is 13.2 Å². The quantitative estimate of drug-likeness (QED) is 0.846. The van der Waals surface area contributed by atoms with Crippen LogP contribution in [0.2, 0.25) is 0 Å². The van der Waals surface area contributed by atoms with E-state index in [1.165, 1.54) is 6.92 Å². The molecule has 0 saturated heterocycles. The summed E-state index contributed by atoms with van der Waals surface area (Å²) in [6.07, 6.45) is -5.65. The first-order valence-electron chi connectivity index (χ1n) is 4.39. The molecule has 2 N–H and O–H groups in total. The molecule has 1 heterocycles. The van der Waals surface area contributed by atoms with Gasteiger partial charge in [-0.1, -0.05) is 0 Å². The molecule has 0 radical (unpaired) electrons. The zero-order valence-corrected chi connectivity index (χ0v) is 8.59. The summed E-state index contributed by atoms with van der Waals surface area (Å²) >= 11 is 0. The van der Waals surface area contributed by atoms with Gasteiger partial charge in [0.25, 0.3) is 5.56 Å². The second kappa shape index (κ2) is 4.48. The maximum absolute atomic E-state index is 12.0. The SMILES string of the molecule is Cc1[nH]c(=O)cc(OC(F)(F)F)c1CC(=O)O. The zero-order chi connectivity index (χ0) is 13.2. The average Bonchev–Trinajstić information content (AvgIpc) is 2.07. The Labute approximate surface area is 92.8 Å². The Morgan fingerprint density at radius 2 is 2.12 bits per heavy atom. The van der Waals surface area contributed by atoms with Gasteiger partial charge in [-0.2, -0.15) is 0 Å². The van der Waals surface area contributed by atoms with Gasteiger partial charge in [0.1, 0.15) is 5.75 Å². The van der Waals surface area contributed by atoms with Crippen LogP contribution in [0.15, 0.2) is 10.9 Å². The third kappa shape index (κ3) is 3.82. The van der Waals surface area contributed by atoms with Crippen LogP contribution in [0.1, 0.15) is 11.3 Å². The van der Waals surface area contributed by atoms with E-state index in [9.17, 15) is 22.8 Å². The van der Waals surface area contributed by atoms with E-state index in [1.807, 2.05) is 0 Å². The van der Waals surface area contributed by atoms with Crippen molar-refractivity contribution in [2.45, 2.75) is 19.7 Å². The van der Waals surface area contributed by atoms with Crippen LogP contribution in [-0.2, 0) is 11.2 Å². The minimum atomic E-state index is -4.98. The van der Waals surface area contributed by atoms with E-state index < -0.39 is 30.1 Å². The molecule has 0 saturated carbocycles. The molecule has 0 aliphatic carbocycles. The molecule has 1 rings (SSSR count). The summed E-state index contributed by atoms with van der Waals surface area (Å²) in [6.45, 7) is 1.29. The Morgan fingerprint density at radius 1 is 1.53 bits per heavy atom. The van der Waals surface area contributed by atoms with Gasteiger partial charge in [0.05, 0.1) is 6.42 Å². The van der Waals surface area contributed by atoms with Gasteiger partial charge in [0, 0.05) is 17.3 Å². The van der Waals surface area contributed by atoms with Crippen molar-refractivity contribution in [2.24, 2.45) is 0 Å². The average molecular weight is 251 g/mol. The summed E-state index contributed by atoms with van der Waals surface area (Å²) in [7, 11) is 0. The molecule has 0 amide bonds. The van der Waals surface area contributed by atoms with Crippen LogP contribution >= 0.6 is 0 Å². The smallest absolute Gasteiger partial charge is 0.481 e. The number of carboxylic acid groups (broad SMARTS) is 1. The Morgan fingerprint density at radius 3 is 2.59 bits per heavy atom. The molecule has 0 bridgehead atoms. The molecule has 0 unspecified atom stereocenters. The summed E-state index contributed by atoms with van der Waals surface area (Å²) < 4.78 is 39.7. The molecule has 1 aromatic heterocycles. The predicted molar refractivity (Wildman–Crippen MR) is 49.8 cm³/mol. The van der Waals surface area contributed by atoms with Crippen molar-refractivity contribution >= 4 is 5.97 Å². The Kier molecular flexibility index (Phi) is 3.45. The van der Waals surface area contributed by atoms with Gasteiger partial charge < -0.3 is 14.8 Å². The van der Waals surface area contributed by atoms with Crippen LogP contribution in [0.5, 0.6) is 5.75 Å². The van der Waals surface area contributed by atoms with E-state index in [4.69, 9.17) is 5.11 Å². The number of carboxylic acids is 1. The molecular formula is C9H8F3NO4. The minimum absolute atomic E-state index is 0.0270. The molecule has 17 heavy (non-hydrogen) atoms. The van der Waals surface area contributed by atoms with Crippen molar-refractivity contribution in [2.75, 3.05) is 0 Å². The zero-order valence-electron chi connectivity index (χ0n) is 8.59. The second-order valence-electron chi connectivity index (χ2n) is 3.22. The largest absolute Gasteiger partial charge is 0.573 e. The fourth-order valence-corrected chi connectivity index (χ4v) is 1.27. The number of aromatic nitrogens is 1. The number of aromatic amines is 1. The maximum Gasteiger partial charge on any atom is 0.573 e. The van der Waals surface area contributed by atoms with Crippen molar-refractivity contribution in [1.29, 1.82) is 0 Å². The number of rotatable bonds is 3. The molecule has 1 aromatic rings. The van der Waals surface area contributed by atoms with Crippen LogP contribution in [-0.4, -0.2) is 22.4 Å². The molecule has 0 atom stereocenters. The summed E-state index contributed by atoms with van der Waals surface area (Å²) in [5.74, 6) is -2.12. The molecule has 8 heteroatoms. The number of pyridine rings is 1. The lowest BCUT2D eigenvalue weighted by molar-refractivity contribution is -0.275. The molecule has 5 nitrogen and oxygen atoms in total. The highest BCUT2D eigenvalue weighted by Crippen LogP contribution is 2.26. The topological polar surface area (TPSA) is 79.4 Å². The van der Waals surface area contributed by atoms with E-state index in [0.717, 1.165) is 0 Å². The minimum Gasteiger partial charge on any atom is -0.481 e. The third-order valence-corrected chi connectivity index (χ3v) is 1.88. The molecule has 0 aromatic carbocycles. The maximum atomic E-state index is 12.0. The van der Waals surface area contributed by atoms with Crippen molar-refractivity contribution in [1.82, 2.24) is 4.98 Å². The molecular weight excluding hydrogens is 243 g/mol. The van der Waals surface area contributed by atoms with Gasteiger partial charge >= 0.3 is 12.3 Å². The highest BCUT2D eigenvalue weighted by molar-refractivity contribution is 5.71. The molecule has 0 fully saturated rings. The number of aryl methyl sites for hydroxylation is 1. The number of alkyl halides is 3. The number of H-pyrrole nitrogens is 1. The van der Waals surface area contributed by atoms with E-state index in [1.54, 1.807) is 0 Å². The number of nitrogens with one attached hydrogen (secondary N) is 1. The normalized spacial score (nSPS) is 11.3. The van der Waals surface area contributed by atoms with E-state index in [0.29, 0.717) is 6.07 Å². The first-order valence-corrected chi connectivity index (χ1v) is 4.39. The van der Waals surface area contributed by atoms with Gasteiger partial charge in [0.2, 0.25) is 0 Å². The summed E-state index contributed by atoms with van der Waals surface area (Å²) in [5.41, 5.74) is -0.982. The number of ether oxygens (including phenoxy) is 1. The lowest BCUT2D eigenvalue weighted by Crippen LogP contribution is -2.22. The highest BCUT2D eigenvalue weighted by atomic mass is 19.4. The van der Waals surface area contributed by atoms with Gasteiger partial charge in [-0.3, -0.25) is 9.59 Å². The molecule has 0 aliphatic rings. The number of hydrogen-bond donors (Lipinski definition) is 2. The fraction of sp³-hybridized carbons (Fsp3) is 0.333. The van der Waals surface area contributed by atoms with Gasteiger partial charge in [-0.05, 0) is 6.92 Å². The van der Waals surface area contributed by atoms with Crippen LogP contribution in [0, 0.1) is 6.92 Å². The first-order chi connectivity index (χ1) is 7.69. The highest BCUT2D eigenvalue weighted by Gasteiger charge is 2.33. The second-order valence-corrected chi connectivity index (χ2v) is 3.22. The summed E-state index contributed by atoms with van der Waals surface area (Å²) in [5, 5.41) is 8.55. The van der Waals surface area contributed by atoms with Crippen LogP contribution in [0.4, 0.5) is 13.2 Å². The van der Waals surface area contributed by atoms with Crippen LogP contribution in [0.25, 0.3) is 0 Å². The molecule has 0 spiro atoms. The van der Waals surface area contributed by atoms with Crippen molar-refractivity contribution in [3.05, 3.63) is 27.7 Å². The van der Waals surface area contributed by atoms with Gasteiger partial charge in [0.15, 0.2) is 0 Å².